The Morgan fingerprint density at radius 1 is 0.733 bits per heavy atom. The summed E-state index contributed by atoms with van der Waals surface area (Å²) in [6, 6.07) is 0. The maximum atomic E-state index is 11.8. The molecule has 180 valence electrons. The molecule has 0 aliphatic carbocycles. The molecule has 0 amide bonds. The van der Waals surface area contributed by atoms with Crippen LogP contribution in [0.15, 0.2) is 0 Å². The van der Waals surface area contributed by atoms with Crippen molar-refractivity contribution in [3.8, 4) is 0 Å². The fourth-order valence-electron chi connectivity index (χ4n) is 3.75. The standard InChI is InChI=1S/C26H52O4/c1-6-7-8-9-10-11-12-13-14-18-28-21-22-29-19-15-16-25(27)30-20-17-24(2)23-26(3,4)5/h24H,6-23H2,1-5H3. The number of carbonyl (C=O) groups is 1. The highest BCUT2D eigenvalue weighted by Gasteiger charge is 2.15. The van der Waals surface area contributed by atoms with Gasteiger partial charge in [-0.15, -0.1) is 0 Å². The third-order valence-corrected chi connectivity index (χ3v) is 5.27. The Morgan fingerprint density at radius 2 is 1.27 bits per heavy atom. The van der Waals surface area contributed by atoms with Crippen LogP contribution in [0.4, 0.5) is 0 Å². The summed E-state index contributed by atoms with van der Waals surface area (Å²) in [5.41, 5.74) is 0.331. The molecule has 0 heterocycles. The van der Waals surface area contributed by atoms with E-state index in [2.05, 4.69) is 34.6 Å². The highest BCUT2D eigenvalue weighted by Crippen LogP contribution is 2.25. The molecule has 0 bridgehead atoms. The molecule has 0 aliphatic rings. The van der Waals surface area contributed by atoms with Crippen molar-refractivity contribution in [3.05, 3.63) is 0 Å². The second-order valence-corrected chi connectivity index (χ2v) is 10.0. The van der Waals surface area contributed by atoms with Crippen molar-refractivity contribution in [1.82, 2.24) is 0 Å². The van der Waals surface area contributed by atoms with Gasteiger partial charge in [0.15, 0.2) is 0 Å². The van der Waals surface area contributed by atoms with Gasteiger partial charge in [0.1, 0.15) is 0 Å². The second kappa shape index (κ2) is 20.3. The molecule has 0 spiro atoms. The number of esters is 1. The van der Waals surface area contributed by atoms with Crippen LogP contribution in [0.5, 0.6) is 0 Å². The molecule has 0 aromatic carbocycles. The number of unbranched alkanes of at least 4 members (excludes halogenated alkanes) is 8. The van der Waals surface area contributed by atoms with Crippen molar-refractivity contribution in [3.63, 3.8) is 0 Å². The third-order valence-electron chi connectivity index (χ3n) is 5.27. The van der Waals surface area contributed by atoms with Crippen molar-refractivity contribution in [2.75, 3.05) is 33.0 Å². The molecule has 1 unspecified atom stereocenters. The highest BCUT2D eigenvalue weighted by atomic mass is 16.5. The number of rotatable bonds is 21. The molecule has 30 heavy (non-hydrogen) atoms. The summed E-state index contributed by atoms with van der Waals surface area (Å²) in [7, 11) is 0. The Kier molecular flexibility index (Phi) is 19.9. The van der Waals surface area contributed by atoms with Gasteiger partial charge < -0.3 is 14.2 Å². The smallest absolute Gasteiger partial charge is 0.305 e. The SMILES string of the molecule is CCCCCCCCCCCOCCOCCCC(=O)OCCC(C)CC(C)(C)C. The van der Waals surface area contributed by atoms with Crippen molar-refractivity contribution in [1.29, 1.82) is 0 Å². The van der Waals surface area contributed by atoms with Crippen LogP contribution in [0.1, 0.15) is 118 Å². The van der Waals surface area contributed by atoms with E-state index in [0.29, 0.717) is 50.6 Å². The van der Waals surface area contributed by atoms with Gasteiger partial charge in [-0.25, -0.2) is 0 Å². The highest BCUT2D eigenvalue weighted by molar-refractivity contribution is 5.69. The Bertz CT molecular complexity index is 376. The Labute approximate surface area is 187 Å². The lowest BCUT2D eigenvalue weighted by molar-refractivity contribution is -0.144. The van der Waals surface area contributed by atoms with Crippen LogP contribution in [-0.4, -0.2) is 39.0 Å². The summed E-state index contributed by atoms with van der Waals surface area (Å²) in [6.45, 7) is 14.4. The van der Waals surface area contributed by atoms with Gasteiger partial charge >= 0.3 is 5.97 Å². The number of hydrogen-bond acceptors (Lipinski definition) is 4. The first-order chi connectivity index (χ1) is 14.3. The van der Waals surface area contributed by atoms with Gasteiger partial charge in [0, 0.05) is 19.6 Å². The zero-order valence-corrected chi connectivity index (χ0v) is 20.9. The fraction of sp³-hybridized carbons (Fsp3) is 0.962. The number of carbonyl (C=O) groups excluding carboxylic acids is 1. The monoisotopic (exact) mass is 428 g/mol. The van der Waals surface area contributed by atoms with Crippen LogP contribution < -0.4 is 0 Å². The predicted octanol–water partition coefficient (Wildman–Crippen LogP) is 7.34. The molecule has 4 nitrogen and oxygen atoms in total. The molecule has 0 saturated carbocycles. The van der Waals surface area contributed by atoms with Gasteiger partial charge in [-0.2, -0.15) is 0 Å². The van der Waals surface area contributed by atoms with Gasteiger partial charge in [-0.3, -0.25) is 4.79 Å². The van der Waals surface area contributed by atoms with E-state index >= 15 is 0 Å². The summed E-state index contributed by atoms with van der Waals surface area (Å²) >= 11 is 0. The third kappa shape index (κ3) is 23.7. The van der Waals surface area contributed by atoms with E-state index in [1.807, 2.05) is 0 Å². The molecule has 0 N–H and O–H groups in total. The average Bonchev–Trinajstić information content (AvgIpc) is 2.66. The molecule has 0 fully saturated rings. The minimum Gasteiger partial charge on any atom is -0.466 e. The first kappa shape index (κ1) is 29.4. The summed E-state index contributed by atoms with van der Waals surface area (Å²) in [5.74, 6) is 0.472. The van der Waals surface area contributed by atoms with Crippen LogP contribution in [0.3, 0.4) is 0 Å². The lowest BCUT2D eigenvalue weighted by atomic mass is 9.84. The van der Waals surface area contributed by atoms with Crippen LogP contribution in [0, 0.1) is 11.3 Å². The maximum Gasteiger partial charge on any atom is 0.305 e. The molecular weight excluding hydrogens is 376 g/mol. The number of hydrogen-bond donors (Lipinski definition) is 0. The summed E-state index contributed by atoms with van der Waals surface area (Å²) in [5, 5.41) is 0. The summed E-state index contributed by atoms with van der Waals surface area (Å²) < 4.78 is 16.5. The van der Waals surface area contributed by atoms with Crippen LogP contribution in [-0.2, 0) is 19.0 Å². The minimum atomic E-state index is -0.108. The topological polar surface area (TPSA) is 44.8 Å². The molecule has 4 heteroatoms. The first-order valence-electron chi connectivity index (χ1n) is 12.7. The van der Waals surface area contributed by atoms with Crippen molar-refractivity contribution in [2.45, 2.75) is 118 Å². The van der Waals surface area contributed by atoms with Crippen molar-refractivity contribution >= 4 is 5.97 Å². The van der Waals surface area contributed by atoms with Crippen molar-refractivity contribution < 1.29 is 19.0 Å². The van der Waals surface area contributed by atoms with Gasteiger partial charge in [0.05, 0.1) is 19.8 Å². The average molecular weight is 429 g/mol. The van der Waals surface area contributed by atoms with Crippen LogP contribution in [0.2, 0.25) is 0 Å². The summed E-state index contributed by atoms with van der Waals surface area (Å²) in [4.78, 5) is 11.8. The fourth-order valence-corrected chi connectivity index (χ4v) is 3.75. The molecule has 0 aliphatic heterocycles. The largest absolute Gasteiger partial charge is 0.466 e. The number of ether oxygens (including phenoxy) is 3. The second-order valence-electron chi connectivity index (χ2n) is 10.0. The molecule has 1 atom stereocenters. The Hall–Kier alpha value is -0.610. The quantitative estimate of drug-likeness (QED) is 0.142. The predicted molar refractivity (Wildman–Crippen MR) is 127 cm³/mol. The van der Waals surface area contributed by atoms with Crippen molar-refractivity contribution in [2.24, 2.45) is 11.3 Å². The van der Waals surface area contributed by atoms with Gasteiger partial charge in [0.25, 0.3) is 0 Å². The molecule has 0 aromatic rings. The first-order valence-corrected chi connectivity index (χ1v) is 12.7. The molecule has 0 saturated heterocycles. The van der Waals surface area contributed by atoms with Gasteiger partial charge in [-0.05, 0) is 37.0 Å². The Morgan fingerprint density at radius 3 is 1.83 bits per heavy atom. The summed E-state index contributed by atoms with van der Waals surface area (Å²) in [6.07, 6.45) is 15.3. The van der Waals surface area contributed by atoms with E-state index in [9.17, 15) is 4.79 Å². The van der Waals surface area contributed by atoms with E-state index in [1.165, 1.54) is 51.4 Å². The Balaban J connectivity index is 3.26. The minimum absolute atomic E-state index is 0.108. The molecule has 0 rings (SSSR count). The zero-order valence-electron chi connectivity index (χ0n) is 20.9. The molecule has 0 aromatic heterocycles. The normalized spacial score (nSPS) is 12.8. The van der Waals surface area contributed by atoms with E-state index in [0.717, 1.165) is 25.9 Å². The van der Waals surface area contributed by atoms with E-state index in [-0.39, 0.29) is 5.97 Å². The lowest BCUT2D eigenvalue weighted by Gasteiger charge is -2.22. The van der Waals surface area contributed by atoms with E-state index in [1.54, 1.807) is 0 Å². The molecule has 0 radical (unpaired) electrons. The van der Waals surface area contributed by atoms with Gasteiger partial charge in [-0.1, -0.05) is 86.0 Å². The maximum absolute atomic E-state index is 11.8. The van der Waals surface area contributed by atoms with E-state index < -0.39 is 0 Å². The molecular formula is C26H52O4. The van der Waals surface area contributed by atoms with Crippen LogP contribution in [0.25, 0.3) is 0 Å². The lowest BCUT2D eigenvalue weighted by Crippen LogP contribution is -2.14. The van der Waals surface area contributed by atoms with Gasteiger partial charge in [0.2, 0.25) is 0 Å². The van der Waals surface area contributed by atoms with E-state index in [4.69, 9.17) is 14.2 Å². The van der Waals surface area contributed by atoms with Crippen LogP contribution >= 0.6 is 0 Å². The zero-order chi connectivity index (χ0) is 22.5.